The van der Waals surface area contributed by atoms with E-state index in [1.165, 1.54) is 13.1 Å². The van der Waals surface area contributed by atoms with Gasteiger partial charge in [0, 0.05) is 18.0 Å². The monoisotopic (exact) mass is 225 g/mol. The summed E-state index contributed by atoms with van der Waals surface area (Å²) in [5.74, 6) is -0.0502. The molecule has 1 aromatic heterocycles. The summed E-state index contributed by atoms with van der Waals surface area (Å²) in [6.07, 6.45) is 3.03. The predicted molar refractivity (Wildman–Crippen MR) is 55.2 cm³/mol. The quantitative estimate of drug-likeness (QED) is 0.812. The summed E-state index contributed by atoms with van der Waals surface area (Å²) in [6.45, 7) is 1.51. The molecule has 0 spiro atoms. The number of hydrogen-bond acceptors (Lipinski definition) is 4. The number of nitrogens with zero attached hydrogens (tertiary/aromatic N) is 2. The molecule has 6 heteroatoms. The van der Waals surface area contributed by atoms with E-state index < -0.39 is 16.1 Å². The van der Waals surface area contributed by atoms with Crippen molar-refractivity contribution in [2.24, 2.45) is 0 Å². The fourth-order valence-electron chi connectivity index (χ4n) is 0.979. The van der Waals surface area contributed by atoms with Gasteiger partial charge in [0.15, 0.2) is 0 Å². The van der Waals surface area contributed by atoms with Gasteiger partial charge in [-0.05, 0) is 13.0 Å². The van der Waals surface area contributed by atoms with Crippen molar-refractivity contribution in [2.45, 2.75) is 13.0 Å². The van der Waals surface area contributed by atoms with Crippen LogP contribution in [0, 0.1) is 11.3 Å². The molecule has 0 saturated heterocycles. The van der Waals surface area contributed by atoms with E-state index in [9.17, 15) is 8.42 Å². The van der Waals surface area contributed by atoms with Gasteiger partial charge in [-0.15, -0.1) is 0 Å². The van der Waals surface area contributed by atoms with Gasteiger partial charge in [-0.25, -0.2) is 8.42 Å². The third-order valence-electron chi connectivity index (χ3n) is 1.82. The smallest absolute Gasteiger partial charge is 0.212 e. The lowest BCUT2D eigenvalue weighted by Crippen LogP contribution is -2.29. The Morgan fingerprint density at radius 2 is 2.40 bits per heavy atom. The molecule has 0 amide bonds. The maximum Gasteiger partial charge on any atom is 0.212 e. The van der Waals surface area contributed by atoms with E-state index in [1.54, 1.807) is 18.3 Å². The maximum atomic E-state index is 11.3. The van der Waals surface area contributed by atoms with Crippen LogP contribution in [0.1, 0.15) is 18.5 Å². The van der Waals surface area contributed by atoms with Gasteiger partial charge in [-0.2, -0.15) is 9.98 Å². The van der Waals surface area contributed by atoms with Crippen molar-refractivity contribution in [2.75, 3.05) is 5.75 Å². The lowest BCUT2D eigenvalue weighted by atomic mass is 10.1. The van der Waals surface area contributed by atoms with Crippen LogP contribution >= 0.6 is 0 Å². The second-order valence-electron chi connectivity index (χ2n) is 2.87. The lowest BCUT2D eigenvalue weighted by molar-refractivity contribution is 0.576. The van der Waals surface area contributed by atoms with Crippen LogP contribution in [-0.2, 0) is 10.0 Å². The minimum absolute atomic E-state index is 0.0502. The largest absolute Gasteiger partial charge is 0.264 e. The molecule has 0 fully saturated rings. The minimum Gasteiger partial charge on any atom is -0.264 e. The van der Waals surface area contributed by atoms with Crippen LogP contribution in [0.4, 0.5) is 0 Å². The lowest BCUT2D eigenvalue weighted by Gasteiger charge is -2.10. The van der Waals surface area contributed by atoms with Gasteiger partial charge in [0.1, 0.15) is 6.04 Å². The van der Waals surface area contributed by atoms with E-state index in [0.29, 0.717) is 5.56 Å². The Kier molecular flexibility index (Phi) is 3.77. The number of hydrogen-bond donors (Lipinski definition) is 1. The van der Waals surface area contributed by atoms with Gasteiger partial charge < -0.3 is 0 Å². The Hall–Kier alpha value is -1.45. The molecule has 0 saturated carbocycles. The molecular formula is C9H11N3O2S. The molecule has 80 valence electrons. The Morgan fingerprint density at radius 1 is 1.67 bits per heavy atom. The summed E-state index contributed by atoms with van der Waals surface area (Å²) in [5, 5.41) is 8.83. The van der Waals surface area contributed by atoms with Gasteiger partial charge in [0.2, 0.25) is 10.0 Å². The molecule has 0 aliphatic carbocycles. The molecule has 0 aromatic carbocycles. The second-order valence-corrected chi connectivity index (χ2v) is 4.91. The number of rotatable bonds is 4. The third kappa shape index (κ3) is 3.31. The summed E-state index contributed by atoms with van der Waals surface area (Å²) in [4.78, 5) is 3.82. The summed E-state index contributed by atoms with van der Waals surface area (Å²) in [7, 11) is -3.38. The van der Waals surface area contributed by atoms with E-state index in [0.717, 1.165) is 0 Å². The van der Waals surface area contributed by atoms with Crippen LogP contribution < -0.4 is 4.72 Å². The predicted octanol–water partition coefficient (Wildman–Crippen LogP) is 0.586. The maximum absolute atomic E-state index is 11.3. The molecule has 1 aromatic rings. The molecule has 0 aliphatic rings. The van der Waals surface area contributed by atoms with Crippen LogP contribution in [0.3, 0.4) is 0 Å². The molecule has 1 heterocycles. The Bertz CT molecular complexity index is 450. The SMILES string of the molecule is CCS(=O)(=O)NC(C#N)c1cccnc1. The van der Waals surface area contributed by atoms with Crippen LogP contribution in [0.2, 0.25) is 0 Å². The Morgan fingerprint density at radius 3 is 2.87 bits per heavy atom. The molecule has 1 rings (SSSR count). The highest BCUT2D eigenvalue weighted by atomic mass is 32.2. The highest BCUT2D eigenvalue weighted by Crippen LogP contribution is 2.10. The van der Waals surface area contributed by atoms with Crippen molar-refractivity contribution in [1.82, 2.24) is 9.71 Å². The third-order valence-corrected chi connectivity index (χ3v) is 3.18. The van der Waals surface area contributed by atoms with Crippen molar-refractivity contribution in [1.29, 1.82) is 5.26 Å². The van der Waals surface area contributed by atoms with E-state index in [1.807, 2.05) is 6.07 Å². The van der Waals surface area contributed by atoms with Crippen molar-refractivity contribution in [3.8, 4) is 6.07 Å². The first-order chi connectivity index (χ1) is 7.09. The summed E-state index contributed by atoms with van der Waals surface area (Å²) in [6, 6.07) is 4.31. The van der Waals surface area contributed by atoms with Crippen molar-refractivity contribution in [3.63, 3.8) is 0 Å². The first-order valence-electron chi connectivity index (χ1n) is 4.38. The van der Waals surface area contributed by atoms with E-state index in [2.05, 4.69) is 9.71 Å². The highest BCUT2D eigenvalue weighted by Gasteiger charge is 2.17. The fraction of sp³-hybridized carbons (Fsp3) is 0.333. The first kappa shape index (κ1) is 11.6. The Balaban J connectivity index is 2.89. The average Bonchev–Trinajstić information content (AvgIpc) is 2.27. The number of nitriles is 1. The number of pyridine rings is 1. The van der Waals surface area contributed by atoms with Crippen molar-refractivity contribution < 1.29 is 8.42 Å². The zero-order valence-corrected chi connectivity index (χ0v) is 9.03. The van der Waals surface area contributed by atoms with Crippen molar-refractivity contribution >= 4 is 10.0 Å². The number of sulfonamides is 1. The van der Waals surface area contributed by atoms with Crippen LogP contribution in [0.25, 0.3) is 0 Å². The molecule has 0 bridgehead atoms. The molecular weight excluding hydrogens is 214 g/mol. The van der Waals surface area contributed by atoms with Crippen LogP contribution in [-0.4, -0.2) is 19.2 Å². The summed E-state index contributed by atoms with van der Waals surface area (Å²) in [5.41, 5.74) is 0.539. The van der Waals surface area contributed by atoms with E-state index in [4.69, 9.17) is 5.26 Å². The fourth-order valence-corrected chi connectivity index (χ4v) is 1.69. The van der Waals surface area contributed by atoms with Crippen LogP contribution in [0.5, 0.6) is 0 Å². The molecule has 1 atom stereocenters. The molecule has 0 aliphatic heterocycles. The number of aromatic nitrogens is 1. The number of nitrogens with one attached hydrogen (secondary N) is 1. The van der Waals surface area contributed by atoms with E-state index >= 15 is 0 Å². The zero-order valence-electron chi connectivity index (χ0n) is 8.21. The standard InChI is InChI=1S/C9H11N3O2S/c1-2-15(13,14)12-9(6-10)8-4-3-5-11-7-8/h3-5,7,9,12H,2H2,1H3. The molecule has 15 heavy (non-hydrogen) atoms. The van der Waals surface area contributed by atoms with Gasteiger partial charge in [-0.3, -0.25) is 4.98 Å². The first-order valence-corrected chi connectivity index (χ1v) is 6.04. The van der Waals surface area contributed by atoms with Gasteiger partial charge in [-0.1, -0.05) is 6.07 Å². The normalized spacial score (nSPS) is 13.1. The Labute approximate surface area is 88.8 Å². The van der Waals surface area contributed by atoms with Crippen molar-refractivity contribution in [3.05, 3.63) is 30.1 Å². The summed E-state index contributed by atoms with van der Waals surface area (Å²) < 4.78 is 24.8. The second kappa shape index (κ2) is 4.87. The molecule has 0 radical (unpaired) electrons. The molecule has 1 unspecified atom stereocenters. The van der Waals surface area contributed by atoms with Gasteiger partial charge in [0.05, 0.1) is 11.8 Å². The molecule has 5 nitrogen and oxygen atoms in total. The zero-order chi connectivity index (χ0) is 11.3. The van der Waals surface area contributed by atoms with Crippen LogP contribution in [0.15, 0.2) is 24.5 Å². The van der Waals surface area contributed by atoms with E-state index in [-0.39, 0.29) is 5.75 Å². The van der Waals surface area contributed by atoms with Gasteiger partial charge in [0.25, 0.3) is 0 Å². The van der Waals surface area contributed by atoms with Gasteiger partial charge >= 0.3 is 0 Å². The highest BCUT2D eigenvalue weighted by molar-refractivity contribution is 7.89. The minimum atomic E-state index is -3.38. The average molecular weight is 225 g/mol. The summed E-state index contributed by atoms with van der Waals surface area (Å²) >= 11 is 0. The topological polar surface area (TPSA) is 82.9 Å². The molecule has 1 N–H and O–H groups in total.